The smallest absolute Gasteiger partial charge is 0.294 e. The molecule has 0 fully saturated rings. The molecule has 0 bridgehead atoms. The van der Waals surface area contributed by atoms with Gasteiger partial charge in [0.05, 0.1) is 10.2 Å². The maximum atomic E-state index is 13.1. The summed E-state index contributed by atoms with van der Waals surface area (Å²) in [5.41, 5.74) is 8.55. The summed E-state index contributed by atoms with van der Waals surface area (Å²) in [7, 11) is 0. The Morgan fingerprint density at radius 2 is 1.89 bits per heavy atom. The number of anilines is 4. The first-order valence-electron chi connectivity index (χ1n) is 10.7. The molecule has 0 saturated carbocycles. The maximum Gasteiger partial charge on any atom is 0.294 e. The number of carbonyl (C=O) groups excluding carboxylic acids is 1. The van der Waals surface area contributed by atoms with Gasteiger partial charge in [-0.2, -0.15) is 0 Å². The SMILES string of the molecule is CC#COc1ccc(Nc2cc3cc(C)ccc3c(NC(=O)c3nc(N)c4sccc4n3)n2)cc1. The molecule has 0 aliphatic rings. The molecule has 5 aromatic rings. The molecule has 8 nitrogen and oxygen atoms in total. The average Bonchev–Trinajstić information content (AvgIpc) is 3.33. The number of fused-ring (bicyclic) bond motifs is 2. The van der Waals surface area contributed by atoms with E-state index in [4.69, 9.17) is 10.5 Å². The van der Waals surface area contributed by atoms with Crippen molar-refractivity contribution in [1.29, 1.82) is 0 Å². The Kier molecular flexibility index (Phi) is 5.87. The monoisotopic (exact) mass is 480 g/mol. The molecule has 5 rings (SSSR count). The Morgan fingerprint density at radius 1 is 1.06 bits per heavy atom. The molecular formula is C26H20N6O2S. The summed E-state index contributed by atoms with van der Waals surface area (Å²) >= 11 is 1.43. The molecule has 172 valence electrons. The van der Waals surface area contributed by atoms with Gasteiger partial charge in [0.15, 0.2) is 0 Å². The fourth-order valence-corrected chi connectivity index (χ4v) is 4.29. The molecule has 35 heavy (non-hydrogen) atoms. The Hall–Kier alpha value is -4.68. The number of thiophene rings is 1. The molecule has 0 spiro atoms. The highest BCUT2D eigenvalue weighted by Gasteiger charge is 2.16. The molecule has 4 N–H and O–H groups in total. The van der Waals surface area contributed by atoms with Crippen molar-refractivity contribution < 1.29 is 9.53 Å². The molecule has 3 heterocycles. The van der Waals surface area contributed by atoms with Crippen LogP contribution in [0.1, 0.15) is 23.1 Å². The number of benzene rings is 2. The second kappa shape index (κ2) is 9.29. The van der Waals surface area contributed by atoms with Gasteiger partial charge in [-0.1, -0.05) is 29.7 Å². The molecule has 2 aromatic carbocycles. The molecule has 0 atom stereocenters. The first-order chi connectivity index (χ1) is 17.0. The minimum absolute atomic E-state index is 0.0143. The van der Waals surface area contributed by atoms with E-state index in [1.165, 1.54) is 11.3 Å². The van der Waals surface area contributed by atoms with Gasteiger partial charge in [0.25, 0.3) is 5.91 Å². The summed E-state index contributed by atoms with van der Waals surface area (Å²) in [4.78, 5) is 26.3. The molecule has 0 aliphatic carbocycles. The lowest BCUT2D eigenvalue weighted by Gasteiger charge is -2.13. The molecule has 9 heteroatoms. The van der Waals surface area contributed by atoms with Gasteiger partial charge < -0.3 is 21.1 Å². The lowest BCUT2D eigenvalue weighted by molar-refractivity contribution is 0.101. The molecule has 1 amide bonds. The number of nitrogen functional groups attached to an aromatic ring is 1. The Morgan fingerprint density at radius 3 is 2.69 bits per heavy atom. The van der Waals surface area contributed by atoms with E-state index in [0.717, 1.165) is 26.7 Å². The largest absolute Gasteiger partial charge is 0.408 e. The van der Waals surface area contributed by atoms with E-state index in [9.17, 15) is 4.79 Å². The van der Waals surface area contributed by atoms with E-state index >= 15 is 0 Å². The van der Waals surface area contributed by atoms with Crippen LogP contribution in [0.2, 0.25) is 0 Å². The molecule has 0 aliphatic heterocycles. The van der Waals surface area contributed by atoms with E-state index in [-0.39, 0.29) is 11.6 Å². The topological polar surface area (TPSA) is 115 Å². The van der Waals surface area contributed by atoms with Crippen molar-refractivity contribution in [3.63, 3.8) is 0 Å². The van der Waals surface area contributed by atoms with Crippen LogP contribution < -0.4 is 21.1 Å². The number of rotatable bonds is 5. The number of nitrogens with one attached hydrogen (secondary N) is 2. The molecular weight excluding hydrogens is 460 g/mol. The van der Waals surface area contributed by atoms with Gasteiger partial charge in [-0.05, 0) is 54.1 Å². The second-order valence-corrected chi connectivity index (χ2v) is 8.62. The normalized spacial score (nSPS) is 10.6. The number of aromatic nitrogens is 3. The summed E-state index contributed by atoms with van der Waals surface area (Å²) in [5.74, 6) is 4.05. The third kappa shape index (κ3) is 4.69. The summed E-state index contributed by atoms with van der Waals surface area (Å²) in [6.07, 6.45) is 2.57. The Bertz CT molecular complexity index is 1630. The second-order valence-electron chi connectivity index (χ2n) is 7.71. The van der Waals surface area contributed by atoms with Crippen molar-refractivity contribution in [2.24, 2.45) is 0 Å². The van der Waals surface area contributed by atoms with Crippen LogP contribution in [0.15, 0.2) is 60.0 Å². The van der Waals surface area contributed by atoms with Crippen LogP contribution in [-0.2, 0) is 0 Å². The zero-order valence-electron chi connectivity index (χ0n) is 18.9. The highest BCUT2D eigenvalue weighted by Crippen LogP contribution is 2.29. The van der Waals surface area contributed by atoms with E-state index in [2.05, 4.69) is 37.6 Å². The third-order valence-corrected chi connectivity index (χ3v) is 6.08. The predicted molar refractivity (Wildman–Crippen MR) is 140 cm³/mol. The van der Waals surface area contributed by atoms with Crippen LogP contribution in [0.25, 0.3) is 21.0 Å². The fraction of sp³-hybridized carbons (Fsp3) is 0.0769. The number of nitrogens with zero attached hydrogens (tertiary/aromatic N) is 3. The zero-order chi connectivity index (χ0) is 24.4. The summed E-state index contributed by atoms with van der Waals surface area (Å²) < 4.78 is 6.05. The average molecular weight is 481 g/mol. The molecule has 0 saturated heterocycles. The van der Waals surface area contributed by atoms with Gasteiger partial charge in [0.2, 0.25) is 5.82 Å². The highest BCUT2D eigenvalue weighted by atomic mass is 32.1. The Labute approximate surface area is 205 Å². The fourth-order valence-electron chi connectivity index (χ4n) is 3.55. The third-order valence-electron chi connectivity index (χ3n) is 5.15. The number of carbonyl (C=O) groups is 1. The number of pyridine rings is 1. The van der Waals surface area contributed by atoms with Crippen molar-refractivity contribution >= 4 is 61.4 Å². The van der Waals surface area contributed by atoms with Gasteiger partial charge in [0.1, 0.15) is 29.3 Å². The van der Waals surface area contributed by atoms with Crippen molar-refractivity contribution in [1.82, 2.24) is 15.0 Å². The van der Waals surface area contributed by atoms with Crippen molar-refractivity contribution in [3.8, 4) is 17.8 Å². The van der Waals surface area contributed by atoms with Crippen LogP contribution in [0.5, 0.6) is 5.75 Å². The first-order valence-corrected chi connectivity index (χ1v) is 11.6. The number of nitrogens with two attached hydrogens (primary N) is 1. The zero-order valence-corrected chi connectivity index (χ0v) is 19.7. The first kappa shape index (κ1) is 22.1. The number of ether oxygens (including phenoxy) is 1. The summed E-state index contributed by atoms with van der Waals surface area (Å²) in [5, 5.41) is 9.71. The molecule has 3 aromatic heterocycles. The maximum absolute atomic E-state index is 13.1. The van der Waals surface area contributed by atoms with E-state index in [1.54, 1.807) is 13.0 Å². The number of amides is 1. The van der Waals surface area contributed by atoms with Crippen LogP contribution in [0.3, 0.4) is 0 Å². The highest BCUT2D eigenvalue weighted by molar-refractivity contribution is 7.17. The van der Waals surface area contributed by atoms with Gasteiger partial charge in [-0.15, -0.1) is 11.3 Å². The van der Waals surface area contributed by atoms with Gasteiger partial charge in [-0.3, -0.25) is 4.79 Å². The van der Waals surface area contributed by atoms with Gasteiger partial charge in [0, 0.05) is 18.0 Å². The van der Waals surface area contributed by atoms with Crippen LogP contribution in [0, 0.1) is 19.0 Å². The van der Waals surface area contributed by atoms with Crippen molar-refractivity contribution in [2.75, 3.05) is 16.4 Å². The minimum Gasteiger partial charge on any atom is -0.408 e. The molecule has 0 unspecified atom stereocenters. The number of hydrogen-bond donors (Lipinski definition) is 3. The lowest BCUT2D eigenvalue weighted by atomic mass is 10.1. The minimum atomic E-state index is -0.491. The van der Waals surface area contributed by atoms with Crippen LogP contribution >= 0.6 is 11.3 Å². The van der Waals surface area contributed by atoms with E-state index in [0.29, 0.717) is 22.9 Å². The number of aryl methyl sites for hydroxylation is 1. The van der Waals surface area contributed by atoms with Gasteiger partial charge in [-0.25, -0.2) is 15.0 Å². The van der Waals surface area contributed by atoms with Crippen molar-refractivity contribution in [3.05, 3.63) is 71.4 Å². The van der Waals surface area contributed by atoms with E-state index < -0.39 is 5.91 Å². The Balaban J connectivity index is 1.48. The summed E-state index contributed by atoms with van der Waals surface area (Å²) in [6.45, 7) is 3.72. The van der Waals surface area contributed by atoms with E-state index in [1.807, 2.05) is 60.8 Å². The van der Waals surface area contributed by atoms with Crippen LogP contribution in [-0.4, -0.2) is 20.9 Å². The summed E-state index contributed by atoms with van der Waals surface area (Å²) in [6, 6.07) is 17.0. The van der Waals surface area contributed by atoms with Crippen molar-refractivity contribution in [2.45, 2.75) is 13.8 Å². The quantitative estimate of drug-likeness (QED) is 0.285. The van der Waals surface area contributed by atoms with Gasteiger partial charge >= 0.3 is 0 Å². The number of hydrogen-bond acceptors (Lipinski definition) is 8. The predicted octanol–water partition coefficient (Wildman–Crippen LogP) is 5.49. The lowest BCUT2D eigenvalue weighted by Crippen LogP contribution is -2.17. The van der Waals surface area contributed by atoms with Crippen LogP contribution in [0.4, 0.5) is 23.1 Å². The standard InChI is InChI=1S/C26H20N6O2S/c1-3-11-34-18-7-5-17(6-8-18)28-21-14-16-13-15(2)4-9-19(16)24(30-21)32-26(33)25-29-20-10-12-35-22(20)23(27)31-25/h4-10,12-14H,1-2H3,(H2,27,29,31)(H2,28,30,32,33). The molecule has 0 radical (unpaired) electrons.